The fourth-order valence-corrected chi connectivity index (χ4v) is 4.57. The van der Waals surface area contributed by atoms with Crippen LogP contribution in [-0.4, -0.2) is 18.7 Å². The summed E-state index contributed by atoms with van der Waals surface area (Å²) in [7, 11) is -3.34. The van der Waals surface area contributed by atoms with Crippen molar-refractivity contribution < 1.29 is 8.42 Å². The Morgan fingerprint density at radius 1 is 1.15 bits per heavy atom. The molecule has 1 aromatic heterocycles. The van der Waals surface area contributed by atoms with Gasteiger partial charge in [0.2, 0.25) is 10.0 Å². The van der Waals surface area contributed by atoms with Crippen molar-refractivity contribution in [2.24, 2.45) is 0 Å². The van der Waals surface area contributed by atoms with Crippen molar-refractivity contribution in [2.45, 2.75) is 26.8 Å². The molecule has 0 radical (unpaired) electrons. The van der Waals surface area contributed by atoms with Crippen LogP contribution in [0.15, 0.2) is 42.5 Å². The van der Waals surface area contributed by atoms with Crippen LogP contribution in [0, 0.1) is 11.3 Å². The van der Waals surface area contributed by atoms with Gasteiger partial charge in [-0.1, -0.05) is 30.7 Å². The van der Waals surface area contributed by atoms with Crippen LogP contribution < -0.4 is 4.72 Å². The lowest BCUT2D eigenvalue weighted by Gasteiger charge is -2.11. The second kappa shape index (κ2) is 7.63. The number of aromatic nitrogens is 1. The Kier molecular flexibility index (Phi) is 5.45. The average Bonchev–Trinajstić information content (AvgIpc) is 2.94. The number of halogens is 1. The molecule has 0 unspecified atom stereocenters. The predicted molar refractivity (Wildman–Crippen MR) is 110 cm³/mol. The van der Waals surface area contributed by atoms with Crippen LogP contribution in [0.3, 0.4) is 0 Å². The zero-order valence-corrected chi connectivity index (χ0v) is 16.7. The Balaban J connectivity index is 2.09. The van der Waals surface area contributed by atoms with Gasteiger partial charge in [-0.3, -0.25) is 4.72 Å². The molecule has 7 heteroatoms. The molecule has 0 saturated carbocycles. The van der Waals surface area contributed by atoms with E-state index in [9.17, 15) is 13.7 Å². The summed E-state index contributed by atoms with van der Waals surface area (Å²) in [6.07, 6.45) is 0.554. The van der Waals surface area contributed by atoms with Crippen LogP contribution in [0.4, 0.5) is 5.69 Å². The number of nitriles is 1. The molecule has 0 aliphatic heterocycles. The van der Waals surface area contributed by atoms with Crippen molar-refractivity contribution >= 4 is 38.2 Å². The van der Waals surface area contributed by atoms with E-state index in [1.165, 1.54) is 0 Å². The molecule has 0 aliphatic rings. The summed E-state index contributed by atoms with van der Waals surface area (Å²) >= 11 is 6.12. The third-order valence-electron chi connectivity index (χ3n) is 4.36. The fraction of sp³-hybridized carbons (Fsp3) is 0.250. The van der Waals surface area contributed by atoms with E-state index in [1.807, 2.05) is 38.1 Å². The molecule has 2 aromatic carbocycles. The summed E-state index contributed by atoms with van der Waals surface area (Å²) in [5.41, 5.74) is 3.67. The fourth-order valence-electron chi connectivity index (χ4n) is 3.26. The lowest BCUT2D eigenvalue weighted by atomic mass is 10.1. The minimum Gasteiger partial charge on any atom is -0.340 e. The number of anilines is 1. The van der Waals surface area contributed by atoms with Crippen molar-refractivity contribution in [2.75, 3.05) is 10.5 Å². The average molecular weight is 402 g/mol. The molecule has 0 atom stereocenters. The molecular weight excluding hydrogens is 382 g/mol. The summed E-state index contributed by atoms with van der Waals surface area (Å²) in [5.74, 6) is 0.0815. The van der Waals surface area contributed by atoms with Crippen LogP contribution in [0.2, 0.25) is 5.02 Å². The van der Waals surface area contributed by atoms with E-state index in [1.54, 1.807) is 18.2 Å². The Hall–Kier alpha value is -2.49. The molecule has 1 N–H and O–H groups in total. The summed E-state index contributed by atoms with van der Waals surface area (Å²) in [5, 5.41) is 11.1. The number of sulfonamides is 1. The number of nitrogens with zero attached hydrogens (tertiary/aromatic N) is 2. The molecule has 3 aromatic rings. The van der Waals surface area contributed by atoms with Gasteiger partial charge >= 0.3 is 0 Å². The minimum atomic E-state index is -3.34. The van der Waals surface area contributed by atoms with Gasteiger partial charge in [-0.2, -0.15) is 5.26 Å². The highest BCUT2D eigenvalue weighted by Crippen LogP contribution is 2.35. The van der Waals surface area contributed by atoms with Gasteiger partial charge in [0.15, 0.2) is 0 Å². The highest BCUT2D eigenvalue weighted by Gasteiger charge is 2.18. The normalized spacial score (nSPS) is 11.5. The number of hydrogen-bond acceptors (Lipinski definition) is 3. The molecule has 0 aliphatic carbocycles. The van der Waals surface area contributed by atoms with Gasteiger partial charge in [0.1, 0.15) is 6.07 Å². The molecule has 0 saturated heterocycles. The van der Waals surface area contributed by atoms with Gasteiger partial charge in [0.25, 0.3) is 0 Å². The monoisotopic (exact) mass is 401 g/mol. The van der Waals surface area contributed by atoms with E-state index in [4.69, 9.17) is 11.6 Å². The third-order valence-corrected chi connectivity index (χ3v) is 6.09. The van der Waals surface area contributed by atoms with Gasteiger partial charge in [-0.25, -0.2) is 8.42 Å². The first-order valence-corrected chi connectivity index (χ1v) is 10.8. The zero-order chi connectivity index (χ0) is 19.6. The topological polar surface area (TPSA) is 74.9 Å². The lowest BCUT2D eigenvalue weighted by molar-refractivity contribution is 0.600. The molecule has 27 heavy (non-hydrogen) atoms. The van der Waals surface area contributed by atoms with Crippen molar-refractivity contribution in [3.05, 3.63) is 53.1 Å². The van der Waals surface area contributed by atoms with Gasteiger partial charge in [-0.05, 0) is 49.2 Å². The maximum absolute atomic E-state index is 11.9. The SMILES string of the molecule is CCCS(=O)(=O)Nc1ccc(-c2c(C#N)c3cc(Cl)ccc3n2CC)cc1. The number of aryl methyl sites for hydroxylation is 1. The minimum absolute atomic E-state index is 0.0815. The third kappa shape index (κ3) is 3.80. The van der Waals surface area contributed by atoms with Gasteiger partial charge in [0.05, 0.1) is 17.0 Å². The van der Waals surface area contributed by atoms with Crippen molar-refractivity contribution in [1.82, 2.24) is 4.57 Å². The summed E-state index contributed by atoms with van der Waals surface area (Å²) in [6, 6.07) is 14.9. The van der Waals surface area contributed by atoms with Crippen LogP contribution in [-0.2, 0) is 16.6 Å². The number of rotatable bonds is 6. The second-order valence-corrected chi connectivity index (χ2v) is 8.52. The summed E-state index contributed by atoms with van der Waals surface area (Å²) in [4.78, 5) is 0. The van der Waals surface area contributed by atoms with E-state index in [2.05, 4.69) is 15.4 Å². The Morgan fingerprint density at radius 3 is 2.44 bits per heavy atom. The number of fused-ring (bicyclic) bond motifs is 1. The second-order valence-electron chi connectivity index (χ2n) is 6.24. The molecule has 0 amide bonds. The molecule has 1 heterocycles. The van der Waals surface area contributed by atoms with Crippen molar-refractivity contribution in [1.29, 1.82) is 5.26 Å². The van der Waals surface area contributed by atoms with Crippen molar-refractivity contribution in [3.63, 3.8) is 0 Å². The molecule has 3 rings (SSSR count). The number of nitrogens with one attached hydrogen (secondary N) is 1. The largest absolute Gasteiger partial charge is 0.340 e. The molecule has 0 fully saturated rings. The molecule has 0 bridgehead atoms. The standard InChI is InChI=1S/C20H20ClN3O2S/c1-3-11-27(25,26)23-16-8-5-14(6-9-16)20-18(13-22)17-12-15(21)7-10-19(17)24(20)4-2/h5-10,12,23H,3-4,11H2,1-2H3. The number of hydrogen-bond donors (Lipinski definition) is 1. The first kappa shape index (κ1) is 19.3. The number of benzene rings is 2. The van der Waals surface area contributed by atoms with Crippen LogP contribution in [0.25, 0.3) is 22.2 Å². The van der Waals surface area contributed by atoms with Gasteiger partial charge in [-0.15, -0.1) is 0 Å². The van der Waals surface area contributed by atoms with E-state index in [-0.39, 0.29) is 5.75 Å². The quantitative estimate of drug-likeness (QED) is 0.631. The zero-order valence-electron chi connectivity index (χ0n) is 15.2. The van der Waals surface area contributed by atoms with Crippen LogP contribution in [0.5, 0.6) is 0 Å². The van der Waals surface area contributed by atoms with E-state index in [0.29, 0.717) is 29.2 Å². The Labute approximate surface area is 164 Å². The van der Waals surface area contributed by atoms with E-state index in [0.717, 1.165) is 22.2 Å². The maximum atomic E-state index is 11.9. The van der Waals surface area contributed by atoms with E-state index < -0.39 is 10.0 Å². The molecule has 5 nitrogen and oxygen atoms in total. The summed E-state index contributed by atoms with van der Waals surface area (Å²) < 4.78 is 28.5. The predicted octanol–water partition coefficient (Wildman–Crippen LogP) is 5.00. The smallest absolute Gasteiger partial charge is 0.232 e. The van der Waals surface area contributed by atoms with Crippen molar-refractivity contribution in [3.8, 4) is 17.3 Å². The Bertz CT molecular complexity index is 1130. The highest BCUT2D eigenvalue weighted by molar-refractivity contribution is 7.92. The molecular formula is C20H20ClN3O2S. The van der Waals surface area contributed by atoms with Crippen LogP contribution >= 0.6 is 11.6 Å². The summed E-state index contributed by atoms with van der Waals surface area (Å²) in [6.45, 7) is 4.54. The lowest BCUT2D eigenvalue weighted by Crippen LogP contribution is -2.15. The maximum Gasteiger partial charge on any atom is 0.232 e. The van der Waals surface area contributed by atoms with E-state index >= 15 is 0 Å². The van der Waals surface area contributed by atoms with Gasteiger partial charge in [0, 0.05) is 28.2 Å². The Morgan fingerprint density at radius 2 is 1.85 bits per heavy atom. The van der Waals surface area contributed by atoms with Crippen LogP contribution in [0.1, 0.15) is 25.8 Å². The van der Waals surface area contributed by atoms with Gasteiger partial charge < -0.3 is 4.57 Å². The molecule has 140 valence electrons. The first-order chi connectivity index (χ1) is 12.9. The highest BCUT2D eigenvalue weighted by atomic mass is 35.5. The first-order valence-electron chi connectivity index (χ1n) is 8.73. The molecule has 0 spiro atoms.